The third kappa shape index (κ3) is 3.58. The average molecular weight is 279 g/mol. The standard InChI is InChI=1S/C14H25N5O/c1-12(19-7-9-20-10-8-19)11-18(4)14-13(17(2)3)15-5-6-16-14/h5-6,12H,7-11H2,1-4H3. The van der Waals surface area contributed by atoms with Gasteiger partial charge in [-0.25, -0.2) is 9.97 Å². The molecule has 0 radical (unpaired) electrons. The molecule has 20 heavy (non-hydrogen) atoms. The fourth-order valence-corrected chi connectivity index (χ4v) is 2.52. The van der Waals surface area contributed by atoms with Crippen molar-refractivity contribution in [1.82, 2.24) is 14.9 Å². The van der Waals surface area contributed by atoms with Gasteiger partial charge in [0.1, 0.15) is 0 Å². The van der Waals surface area contributed by atoms with Gasteiger partial charge in [0, 0.05) is 59.2 Å². The Balaban J connectivity index is 2.02. The Labute approximate surface area is 121 Å². The number of likely N-dealkylation sites (N-methyl/N-ethyl adjacent to an activating group) is 1. The van der Waals surface area contributed by atoms with E-state index in [0.29, 0.717) is 6.04 Å². The summed E-state index contributed by atoms with van der Waals surface area (Å²) in [5.41, 5.74) is 0. The monoisotopic (exact) mass is 279 g/mol. The molecule has 0 saturated carbocycles. The number of nitrogens with zero attached hydrogens (tertiary/aromatic N) is 5. The lowest BCUT2D eigenvalue weighted by Crippen LogP contribution is -2.47. The molecule has 1 aromatic rings. The van der Waals surface area contributed by atoms with E-state index in [9.17, 15) is 0 Å². The maximum atomic E-state index is 5.41. The first-order valence-electron chi connectivity index (χ1n) is 7.11. The molecule has 1 atom stereocenters. The van der Waals surface area contributed by atoms with Gasteiger partial charge in [0.25, 0.3) is 0 Å². The van der Waals surface area contributed by atoms with Crippen LogP contribution in [-0.4, -0.2) is 74.9 Å². The van der Waals surface area contributed by atoms with Crippen molar-refractivity contribution in [3.63, 3.8) is 0 Å². The van der Waals surface area contributed by atoms with Gasteiger partial charge in [-0.2, -0.15) is 0 Å². The van der Waals surface area contributed by atoms with Crippen molar-refractivity contribution < 1.29 is 4.74 Å². The quantitative estimate of drug-likeness (QED) is 0.790. The SMILES string of the molecule is CC(CN(C)c1nccnc1N(C)C)N1CCOCC1. The molecule has 1 aliphatic heterocycles. The maximum absolute atomic E-state index is 5.41. The molecule has 0 bridgehead atoms. The molecule has 6 nitrogen and oxygen atoms in total. The van der Waals surface area contributed by atoms with E-state index >= 15 is 0 Å². The van der Waals surface area contributed by atoms with Crippen LogP contribution < -0.4 is 9.80 Å². The summed E-state index contributed by atoms with van der Waals surface area (Å²) >= 11 is 0. The van der Waals surface area contributed by atoms with Gasteiger partial charge < -0.3 is 14.5 Å². The summed E-state index contributed by atoms with van der Waals surface area (Å²) in [7, 11) is 6.06. The number of rotatable bonds is 5. The Morgan fingerprint density at radius 3 is 2.35 bits per heavy atom. The number of anilines is 2. The molecular formula is C14H25N5O. The van der Waals surface area contributed by atoms with Crippen molar-refractivity contribution >= 4 is 11.6 Å². The summed E-state index contributed by atoms with van der Waals surface area (Å²) in [6, 6.07) is 0.473. The molecule has 0 N–H and O–H groups in total. The third-order valence-corrected chi connectivity index (χ3v) is 3.65. The molecule has 0 amide bonds. The van der Waals surface area contributed by atoms with E-state index in [2.05, 4.69) is 33.7 Å². The lowest BCUT2D eigenvalue weighted by molar-refractivity contribution is 0.0218. The highest BCUT2D eigenvalue weighted by Crippen LogP contribution is 2.21. The largest absolute Gasteiger partial charge is 0.379 e. The number of morpholine rings is 1. The Morgan fingerprint density at radius 2 is 1.75 bits per heavy atom. The minimum atomic E-state index is 0.473. The molecule has 1 unspecified atom stereocenters. The molecule has 2 heterocycles. The molecule has 0 spiro atoms. The summed E-state index contributed by atoms with van der Waals surface area (Å²) in [6.07, 6.45) is 3.48. The summed E-state index contributed by atoms with van der Waals surface area (Å²) in [5, 5.41) is 0. The van der Waals surface area contributed by atoms with Gasteiger partial charge in [-0.15, -0.1) is 0 Å². The normalized spacial score (nSPS) is 17.8. The van der Waals surface area contributed by atoms with E-state index < -0.39 is 0 Å². The second-order valence-electron chi connectivity index (χ2n) is 5.48. The van der Waals surface area contributed by atoms with E-state index in [1.165, 1.54) is 0 Å². The van der Waals surface area contributed by atoms with Crippen molar-refractivity contribution in [2.24, 2.45) is 0 Å². The zero-order chi connectivity index (χ0) is 14.5. The van der Waals surface area contributed by atoms with E-state index in [-0.39, 0.29) is 0 Å². The first-order chi connectivity index (χ1) is 9.59. The van der Waals surface area contributed by atoms with Crippen LogP contribution in [0.2, 0.25) is 0 Å². The molecule has 1 aromatic heterocycles. The van der Waals surface area contributed by atoms with Crippen molar-refractivity contribution in [2.45, 2.75) is 13.0 Å². The van der Waals surface area contributed by atoms with Crippen LogP contribution in [0.25, 0.3) is 0 Å². The molecule has 112 valence electrons. The lowest BCUT2D eigenvalue weighted by Gasteiger charge is -2.35. The molecule has 0 aromatic carbocycles. The molecule has 2 rings (SSSR count). The third-order valence-electron chi connectivity index (χ3n) is 3.65. The molecule has 6 heteroatoms. The fourth-order valence-electron chi connectivity index (χ4n) is 2.52. The van der Waals surface area contributed by atoms with E-state index in [0.717, 1.165) is 44.5 Å². The summed E-state index contributed by atoms with van der Waals surface area (Å²) in [4.78, 5) is 15.5. The van der Waals surface area contributed by atoms with E-state index in [1.807, 2.05) is 19.0 Å². The topological polar surface area (TPSA) is 44.7 Å². The van der Waals surface area contributed by atoms with Gasteiger partial charge in [0.05, 0.1) is 13.2 Å². The van der Waals surface area contributed by atoms with Gasteiger partial charge in [0.15, 0.2) is 11.6 Å². The predicted octanol–water partition coefficient (Wildman–Crippen LogP) is 0.700. The van der Waals surface area contributed by atoms with Gasteiger partial charge in [0.2, 0.25) is 0 Å². The summed E-state index contributed by atoms with van der Waals surface area (Å²) in [5.74, 6) is 1.83. The highest BCUT2D eigenvalue weighted by molar-refractivity contribution is 5.60. The Hall–Kier alpha value is -1.40. The van der Waals surface area contributed by atoms with Crippen LogP contribution in [-0.2, 0) is 4.74 Å². The second-order valence-corrected chi connectivity index (χ2v) is 5.48. The Kier molecular flexibility index (Phi) is 5.14. The predicted molar refractivity (Wildman–Crippen MR) is 81.5 cm³/mol. The van der Waals surface area contributed by atoms with Crippen molar-refractivity contribution in [3.8, 4) is 0 Å². The summed E-state index contributed by atoms with van der Waals surface area (Å²) < 4.78 is 5.41. The fraction of sp³-hybridized carbons (Fsp3) is 0.714. The van der Waals surface area contributed by atoms with E-state index in [1.54, 1.807) is 12.4 Å². The highest BCUT2D eigenvalue weighted by atomic mass is 16.5. The van der Waals surface area contributed by atoms with Gasteiger partial charge >= 0.3 is 0 Å². The summed E-state index contributed by atoms with van der Waals surface area (Å²) in [6.45, 7) is 6.88. The molecule has 1 aliphatic rings. The number of hydrogen-bond acceptors (Lipinski definition) is 6. The molecule has 1 fully saturated rings. The molecule has 0 aliphatic carbocycles. The number of aromatic nitrogens is 2. The van der Waals surface area contributed by atoms with Crippen molar-refractivity contribution in [3.05, 3.63) is 12.4 Å². The highest BCUT2D eigenvalue weighted by Gasteiger charge is 2.20. The second kappa shape index (κ2) is 6.85. The Bertz CT molecular complexity index is 420. The van der Waals surface area contributed by atoms with Crippen LogP contribution in [0.3, 0.4) is 0 Å². The smallest absolute Gasteiger partial charge is 0.171 e. The van der Waals surface area contributed by atoms with Crippen LogP contribution >= 0.6 is 0 Å². The molecule has 1 saturated heterocycles. The average Bonchev–Trinajstić information content (AvgIpc) is 2.48. The van der Waals surface area contributed by atoms with Crippen LogP contribution in [0.1, 0.15) is 6.92 Å². The number of hydrogen-bond donors (Lipinski definition) is 0. The lowest BCUT2D eigenvalue weighted by atomic mass is 10.2. The minimum absolute atomic E-state index is 0.473. The van der Waals surface area contributed by atoms with Crippen LogP contribution in [0.4, 0.5) is 11.6 Å². The first-order valence-corrected chi connectivity index (χ1v) is 7.11. The van der Waals surface area contributed by atoms with Gasteiger partial charge in [-0.1, -0.05) is 0 Å². The van der Waals surface area contributed by atoms with Gasteiger partial charge in [-0.3, -0.25) is 4.90 Å². The van der Waals surface area contributed by atoms with Crippen molar-refractivity contribution in [2.75, 3.05) is 63.8 Å². The minimum Gasteiger partial charge on any atom is -0.379 e. The van der Waals surface area contributed by atoms with Crippen LogP contribution in [0.15, 0.2) is 12.4 Å². The van der Waals surface area contributed by atoms with Crippen LogP contribution in [0.5, 0.6) is 0 Å². The molecular weight excluding hydrogens is 254 g/mol. The van der Waals surface area contributed by atoms with Crippen molar-refractivity contribution in [1.29, 1.82) is 0 Å². The van der Waals surface area contributed by atoms with E-state index in [4.69, 9.17) is 4.74 Å². The maximum Gasteiger partial charge on any atom is 0.171 e. The van der Waals surface area contributed by atoms with Gasteiger partial charge in [-0.05, 0) is 6.92 Å². The number of ether oxygens (including phenoxy) is 1. The van der Waals surface area contributed by atoms with Crippen LogP contribution in [0, 0.1) is 0 Å². The zero-order valence-corrected chi connectivity index (χ0v) is 12.9. The zero-order valence-electron chi connectivity index (χ0n) is 12.9. The Morgan fingerprint density at radius 1 is 1.15 bits per heavy atom. The first kappa shape index (κ1) is 15.0.